The molecule has 1 N–H and O–H groups in total. The molecular formula is C25H31N5S. The third-order valence-corrected chi connectivity index (χ3v) is 7.62. The quantitative estimate of drug-likeness (QED) is 0.484. The lowest BCUT2D eigenvalue weighted by atomic mass is 9.97. The number of hydrogen-bond acceptors (Lipinski definition) is 4. The average Bonchev–Trinajstić information content (AvgIpc) is 3.31. The second-order valence-electron chi connectivity index (χ2n) is 8.68. The van der Waals surface area contributed by atoms with E-state index in [4.69, 9.17) is 5.10 Å². The molecule has 0 saturated carbocycles. The van der Waals surface area contributed by atoms with Gasteiger partial charge in [-0.15, -0.1) is 10.2 Å². The number of amidine groups is 1. The van der Waals surface area contributed by atoms with Crippen LogP contribution in [0.2, 0.25) is 0 Å². The van der Waals surface area contributed by atoms with Gasteiger partial charge in [0, 0.05) is 48.2 Å². The molecule has 1 aromatic heterocycles. The smallest absolute Gasteiger partial charge is 0.183 e. The van der Waals surface area contributed by atoms with Crippen molar-refractivity contribution < 1.29 is 0 Å². The number of fused-ring (bicyclic) bond motifs is 2. The molecule has 0 amide bonds. The molecule has 2 aliphatic heterocycles. The normalized spacial score (nSPS) is 23.5. The summed E-state index contributed by atoms with van der Waals surface area (Å²) in [6.07, 6.45) is 3.96. The van der Waals surface area contributed by atoms with Crippen LogP contribution in [-0.2, 0) is 6.54 Å². The van der Waals surface area contributed by atoms with Gasteiger partial charge in [0.05, 0.1) is 11.0 Å². The Morgan fingerprint density at radius 2 is 1.55 bits per heavy atom. The van der Waals surface area contributed by atoms with Gasteiger partial charge < -0.3 is 9.88 Å². The first kappa shape index (κ1) is 20.6. The molecule has 2 saturated heterocycles. The van der Waals surface area contributed by atoms with Crippen molar-refractivity contribution in [1.82, 2.24) is 14.8 Å². The fourth-order valence-electron chi connectivity index (χ4n) is 5.09. The van der Waals surface area contributed by atoms with Crippen molar-refractivity contribution in [3.63, 3.8) is 0 Å². The Hall–Kier alpha value is -2.31. The molecule has 0 spiro atoms. The van der Waals surface area contributed by atoms with E-state index in [1.54, 1.807) is 11.8 Å². The highest BCUT2D eigenvalue weighted by Crippen LogP contribution is 2.24. The second kappa shape index (κ2) is 9.05. The molecule has 3 aromatic rings. The molecule has 0 radical (unpaired) electrons. The molecule has 6 heteroatoms. The average molecular weight is 434 g/mol. The fraction of sp³-hybridized carbons (Fsp3) is 0.440. The minimum atomic E-state index is 0.656. The van der Waals surface area contributed by atoms with Gasteiger partial charge in [0.25, 0.3) is 0 Å². The van der Waals surface area contributed by atoms with E-state index in [-0.39, 0.29) is 0 Å². The number of rotatable bonds is 4. The van der Waals surface area contributed by atoms with Crippen LogP contribution in [0.15, 0.2) is 58.7 Å². The summed E-state index contributed by atoms with van der Waals surface area (Å²) in [4.78, 5) is 2.69. The van der Waals surface area contributed by atoms with Crippen LogP contribution in [0, 0.1) is 0 Å². The molecule has 3 heterocycles. The van der Waals surface area contributed by atoms with Crippen LogP contribution in [0.1, 0.15) is 33.1 Å². The van der Waals surface area contributed by atoms with Gasteiger partial charge >= 0.3 is 0 Å². The Labute approximate surface area is 188 Å². The van der Waals surface area contributed by atoms with Crippen molar-refractivity contribution in [2.24, 2.45) is 10.2 Å². The van der Waals surface area contributed by atoms with E-state index in [1.165, 1.54) is 30.3 Å². The number of nitrogens with zero attached hydrogens (tertiary/aromatic N) is 4. The Morgan fingerprint density at radius 3 is 2.16 bits per heavy atom. The first-order chi connectivity index (χ1) is 15.2. The van der Waals surface area contributed by atoms with Crippen LogP contribution < -0.4 is 10.7 Å². The number of benzene rings is 2. The number of likely N-dealkylation sites (tertiary alicyclic amines) is 1. The first-order valence-electron chi connectivity index (χ1n) is 11.5. The number of aromatic nitrogens is 1. The summed E-state index contributed by atoms with van der Waals surface area (Å²) < 4.78 is 2.48. The summed E-state index contributed by atoms with van der Waals surface area (Å²) in [5, 5.41) is 16.8. The summed E-state index contributed by atoms with van der Waals surface area (Å²) in [5.74, 6) is 1.05. The third kappa shape index (κ3) is 4.11. The van der Waals surface area contributed by atoms with Crippen molar-refractivity contribution >= 4 is 38.7 Å². The van der Waals surface area contributed by atoms with E-state index >= 15 is 0 Å². The van der Waals surface area contributed by atoms with Crippen LogP contribution in [0.4, 0.5) is 0 Å². The SMILES string of the molecule is CC1CCCC(C)N1CCn1c2ccccc2c(=NN=C2NCCS2)c2ccccc21. The van der Waals surface area contributed by atoms with Crippen molar-refractivity contribution in [2.75, 3.05) is 18.8 Å². The predicted molar refractivity (Wildman–Crippen MR) is 132 cm³/mol. The lowest BCUT2D eigenvalue weighted by Crippen LogP contribution is -2.45. The molecule has 5 rings (SSSR count). The Kier molecular flexibility index (Phi) is 6.01. The maximum absolute atomic E-state index is 4.74. The van der Waals surface area contributed by atoms with Gasteiger partial charge in [0.1, 0.15) is 5.36 Å². The molecule has 2 unspecified atom stereocenters. The summed E-state index contributed by atoms with van der Waals surface area (Å²) in [6, 6.07) is 18.6. The molecular weight excluding hydrogens is 402 g/mol. The van der Waals surface area contributed by atoms with Gasteiger partial charge in [0.15, 0.2) is 5.17 Å². The minimum absolute atomic E-state index is 0.656. The lowest BCUT2D eigenvalue weighted by Gasteiger charge is -2.39. The van der Waals surface area contributed by atoms with Gasteiger partial charge in [-0.25, -0.2) is 0 Å². The molecule has 31 heavy (non-hydrogen) atoms. The van der Waals surface area contributed by atoms with Gasteiger partial charge in [0.2, 0.25) is 0 Å². The zero-order chi connectivity index (χ0) is 21.2. The van der Waals surface area contributed by atoms with Crippen LogP contribution in [0.3, 0.4) is 0 Å². The zero-order valence-corrected chi connectivity index (χ0v) is 19.2. The maximum Gasteiger partial charge on any atom is 0.183 e. The third-order valence-electron chi connectivity index (χ3n) is 6.72. The highest BCUT2D eigenvalue weighted by atomic mass is 32.2. The molecule has 0 bridgehead atoms. The highest BCUT2D eigenvalue weighted by molar-refractivity contribution is 8.14. The lowest BCUT2D eigenvalue weighted by molar-refractivity contribution is 0.0999. The van der Waals surface area contributed by atoms with Crippen molar-refractivity contribution in [3.05, 3.63) is 53.9 Å². The Balaban J connectivity index is 1.63. The minimum Gasteiger partial charge on any atom is -0.362 e. The number of pyridine rings is 1. The molecule has 162 valence electrons. The van der Waals surface area contributed by atoms with Gasteiger partial charge in [-0.1, -0.05) is 54.6 Å². The molecule has 2 aliphatic rings. The molecule has 5 nitrogen and oxygen atoms in total. The Morgan fingerprint density at radius 1 is 0.903 bits per heavy atom. The van der Waals surface area contributed by atoms with E-state index in [9.17, 15) is 0 Å². The van der Waals surface area contributed by atoms with Crippen LogP contribution in [-0.4, -0.2) is 45.6 Å². The van der Waals surface area contributed by atoms with E-state index in [2.05, 4.69) is 82.3 Å². The predicted octanol–water partition coefficient (Wildman–Crippen LogP) is 4.57. The van der Waals surface area contributed by atoms with E-state index in [1.807, 2.05) is 0 Å². The van der Waals surface area contributed by atoms with Crippen LogP contribution >= 0.6 is 11.8 Å². The van der Waals surface area contributed by atoms with E-state index in [0.29, 0.717) is 12.1 Å². The van der Waals surface area contributed by atoms with E-state index in [0.717, 1.165) is 46.7 Å². The molecule has 2 atom stereocenters. The number of para-hydroxylation sites is 2. The number of piperidine rings is 1. The summed E-state index contributed by atoms with van der Waals surface area (Å²) in [7, 11) is 0. The number of hydrogen-bond donors (Lipinski definition) is 1. The topological polar surface area (TPSA) is 44.9 Å². The van der Waals surface area contributed by atoms with Gasteiger partial charge in [-0.2, -0.15) is 0 Å². The highest BCUT2D eigenvalue weighted by Gasteiger charge is 2.24. The summed E-state index contributed by atoms with van der Waals surface area (Å²) >= 11 is 1.73. The van der Waals surface area contributed by atoms with E-state index < -0.39 is 0 Å². The zero-order valence-electron chi connectivity index (χ0n) is 18.4. The fourth-order valence-corrected chi connectivity index (χ4v) is 5.79. The second-order valence-corrected chi connectivity index (χ2v) is 9.77. The largest absolute Gasteiger partial charge is 0.362 e. The van der Waals surface area contributed by atoms with Gasteiger partial charge in [-0.05, 0) is 38.8 Å². The maximum atomic E-state index is 4.74. The summed E-state index contributed by atoms with van der Waals surface area (Å²) in [5.41, 5.74) is 2.45. The number of thioether (sulfide) groups is 1. The standard InChI is InChI=1S/C25H31N5S/c1-18-8-7-9-19(2)29(18)15-16-30-22-12-5-3-10-20(22)24(21-11-4-6-13-23(21)30)27-28-25-26-14-17-31-25/h3-6,10-13,18-19H,7-9,14-17H2,1-2H3,(H,26,28). The van der Waals surface area contributed by atoms with Crippen molar-refractivity contribution in [1.29, 1.82) is 0 Å². The molecule has 2 aromatic carbocycles. The number of nitrogens with one attached hydrogen (secondary N) is 1. The molecule has 0 aliphatic carbocycles. The Bertz CT molecular complexity index is 1100. The van der Waals surface area contributed by atoms with Gasteiger partial charge in [-0.3, -0.25) is 4.90 Å². The summed E-state index contributed by atoms with van der Waals surface area (Å²) in [6.45, 7) is 7.77. The monoisotopic (exact) mass is 433 g/mol. The van der Waals surface area contributed by atoms with Crippen LogP contribution in [0.5, 0.6) is 0 Å². The molecule has 2 fully saturated rings. The van der Waals surface area contributed by atoms with Crippen LogP contribution in [0.25, 0.3) is 21.8 Å². The first-order valence-corrected chi connectivity index (χ1v) is 12.5. The van der Waals surface area contributed by atoms with Crippen molar-refractivity contribution in [2.45, 2.75) is 51.7 Å². The van der Waals surface area contributed by atoms with Crippen molar-refractivity contribution in [3.8, 4) is 0 Å².